The Bertz CT molecular complexity index is 939. The Hall–Kier alpha value is -2.42. The van der Waals surface area contributed by atoms with Crippen LogP contribution in [0.1, 0.15) is 12.0 Å². The maximum absolute atomic E-state index is 6.01. The molecule has 7 heteroatoms. The standard InChI is InChI=1S/C20H22N4O2.HI/c21-20(23-8-6-14-2-4-17-15(12-14)7-9-22-17)24-16-3-5-18-19(13-16)26-11-1-10-25-18;/h2-5,7,9,12-13,22H,1,6,8,10-11H2,(H3,21,23,24);1H. The quantitative estimate of drug-likeness (QED) is 0.302. The van der Waals surface area contributed by atoms with Crippen LogP contribution in [0.5, 0.6) is 11.5 Å². The number of halogens is 1. The Labute approximate surface area is 175 Å². The Morgan fingerprint density at radius 3 is 2.81 bits per heavy atom. The van der Waals surface area contributed by atoms with E-state index in [4.69, 9.17) is 15.2 Å². The van der Waals surface area contributed by atoms with E-state index in [-0.39, 0.29) is 24.0 Å². The summed E-state index contributed by atoms with van der Waals surface area (Å²) < 4.78 is 11.3. The van der Waals surface area contributed by atoms with E-state index in [0.29, 0.717) is 25.7 Å². The number of nitrogens with two attached hydrogens (primary N) is 1. The van der Waals surface area contributed by atoms with Crippen molar-refractivity contribution in [1.29, 1.82) is 0 Å². The summed E-state index contributed by atoms with van der Waals surface area (Å²) in [7, 11) is 0. The van der Waals surface area contributed by atoms with Crippen LogP contribution < -0.4 is 20.5 Å². The molecule has 0 amide bonds. The van der Waals surface area contributed by atoms with Crippen LogP contribution in [-0.4, -0.2) is 30.7 Å². The molecule has 1 aliphatic rings. The SMILES string of the molecule is I.NC(=NCCc1ccc2[nH]ccc2c1)Nc1ccc2c(c1)OCCCO2. The number of rotatable bonds is 4. The fourth-order valence-corrected chi connectivity index (χ4v) is 2.99. The molecule has 0 saturated heterocycles. The molecule has 0 aliphatic carbocycles. The number of hydrogen-bond acceptors (Lipinski definition) is 3. The molecule has 27 heavy (non-hydrogen) atoms. The lowest BCUT2D eigenvalue weighted by Gasteiger charge is -2.10. The summed E-state index contributed by atoms with van der Waals surface area (Å²) >= 11 is 0. The van der Waals surface area contributed by atoms with E-state index >= 15 is 0 Å². The molecule has 4 N–H and O–H groups in total. The molecule has 0 fully saturated rings. The number of hydrogen-bond donors (Lipinski definition) is 3. The second-order valence-corrected chi connectivity index (χ2v) is 6.25. The topological polar surface area (TPSA) is 84.7 Å². The molecule has 0 saturated carbocycles. The lowest BCUT2D eigenvalue weighted by atomic mass is 10.1. The van der Waals surface area contributed by atoms with E-state index in [9.17, 15) is 0 Å². The van der Waals surface area contributed by atoms with Gasteiger partial charge in [-0.2, -0.15) is 0 Å². The summed E-state index contributed by atoms with van der Waals surface area (Å²) in [6, 6.07) is 14.1. The molecule has 0 radical (unpaired) electrons. The number of anilines is 1. The second-order valence-electron chi connectivity index (χ2n) is 6.25. The van der Waals surface area contributed by atoms with Gasteiger partial charge in [0.15, 0.2) is 17.5 Å². The van der Waals surface area contributed by atoms with Crippen LogP contribution in [0.15, 0.2) is 53.7 Å². The third kappa shape index (κ3) is 4.85. The van der Waals surface area contributed by atoms with Gasteiger partial charge in [-0.25, -0.2) is 0 Å². The van der Waals surface area contributed by atoms with Gasteiger partial charge in [-0.1, -0.05) is 6.07 Å². The lowest BCUT2D eigenvalue weighted by molar-refractivity contribution is 0.297. The summed E-state index contributed by atoms with van der Waals surface area (Å²) in [6.07, 6.45) is 3.67. The zero-order valence-corrected chi connectivity index (χ0v) is 17.2. The number of ether oxygens (including phenoxy) is 2. The second kappa shape index (κ2) is 8.98. The molecule has 3 aromatic rings. The van der Waals surface area contributed by atoms with Crippen LogP contribution >= 0.6 is 24.0 Å². The van der Waals surface area contributed by atoms with Gasteiger partial charge in [-0.3, -0.25) is 4.99 Å². The van der Waals surface area contributed by atoms with Crippen LogP contribution in [0.25, 0.3) is 10.9 Å². The van der Waals surface area contributed by atoms with Gasteiger partial charge in [0.05, 0.1) is 13.2 Å². The zero-order chi connectivity index (χ0) is 17.8. The molecule has 2 aromatic carbocycles. The monoisotopic (exact) mass is 478 g/mol. The van der Waals surface area contributed by atoms with Crippen molar-refractivity contribution in [2.45, 2.75) is 12.8 Å². The van der Waals surface area contributed by atoms with Crippen molar-refractivity contribution < 1.29 is 9.47 Å². The highest BCUT2D eigenvalue weighted by molar-refractivity contribution is 14.0. The van der Waals surface area contributed by atoms with Gasteiger partial charge < -0.3 is 25.5 Å². The van der Waals surface area contributed by atoms with Crippen LogP contribution in [0.3, 0.4) is 0 Å². The fraction of sp³-hybridized carbons (Fsp3) is 0.250. The third-order valence-corrected chi connectivity index (χ3v) is 4.32. The average Bonchev–Trinajstić information content (AvgIpc) is 2.98. The predicted octanol–water partition coefficient (Wildman–Crippen LogP) is 3.92. The maximum Gasteiger partial charge on any atom is 0.193 e. The highest BCUT2D eigenvalue weighted by Gasteiger charge is 2.10. The first-order valence-corrected chi connectivity index (χ1v) is 8.80. The minimum Gasteiger partial charge on any atom is -0.490 e. The number of aliphatic imine (C=N–C) groups is 1. The summed E-state index contributed by atoms with van der Waals surface area (Å²) in [5.41, 5.74) is 9.24. The minimum absolute atomic E-state index is 0. The van der Waals surface area contributed by atoms with E-state index in [0.717, 1.165) is 35.5 Å². The largest absolute Gasteiger partial charge is 0.490 e. The Morgan fingerprint density at radius 1 is 1.07 bits per heavy atom. The Morgan fingerprint density at radius 2 is 1.93 bits per heavy atom. The van der Waals surface area contributed by atoms with Crippen LogP contribution in [0.4, 0.5) is 5.69 Å². The molecule has 1 aromatic heterocycles. The van der Waals surface area contributed by atoms with Crippen LogP contribution in [0.2, 0.25) is 0 Å². The third-order valence-electron chi connectivity index (χ3n) is 4.32. The number of guanidine groups is 1. The maximum atomic E-state index is 6.01. The summed E-state index contributed by atoms with van der Waals surface area (Å²) in [5.74, 6) is 1.89. The number of H-pyrrole nitrogens is 1. The normalized spacial score (nSPS) is 13.7. The molecule has 6 nitrogen and oxygen atoms in total. The van der Waals surface area contributed by atoms with E-state index in [1.54, 1.807) is 0 Å². The predicted molar refractivity (Wildman–Crippen MR) is 120 cm³/mol. The van der Waals surface area contributed by atoms with Crippen molar-refractivity contribution in [2.24, 2.45) is 10.7 Å². The summed E-state index contributed by atoms with van der Waals surface area (Å²) in [6.45, 7) is 1.96. The number of fused-ring (bicyclic) bond motifs is 2. The van der Waals surface area contributed by atoms with Gasteiger partial charge >= 0.3 is 0 Å². The summed E-state index contributed by atoms with van der Waals surface area (Å²) in [4.78, 5) is 7.61. The zero-order valence-electron chi connectivity index (χ0n) is 14.9. The van der Waals surface area contributed by atoms with Crippen molar-refractivity contribution in [3.63, 3.8) is 0 Å². The molecule has 0 spiro atoms. The summed E-state index contributed by atoms with van der Waals surface area (Å²) in [5, 5.41) is 4.32. The molecule has 0 bridgehead atoms. The molecule has 0 unspecified atom stereocenters. The van der Waals surface area contributed by atoms with E-state index in [2.05, 4.69) is 39.6 Å². The molecular weight excluding hydrogens is 455 g/mol. The van der Waals surface area contributed by atoms with Gasteiger partial charge in [-0.15, -0.1) is 24.0 Å². The smallest absolute Gasteiger partial charge is 0.193 e. The number of aromatic amines is 1. The van der Waals surface area contributed by atoms with Gasteiger partial charge in [-0.05, 0) is 47.7 Å². The molecule has 142 valence electrons. The highest BCUT2D eigenvalue weighted by atomic mass is 127. The average molecular weight is 478 g/mol. The van der Waals surface area contributed by atoms with Crippen molar-refractivity contribution in [2.75, 3.05) is 25.1 Å². The molecule has 0 atom stereocenters. The van der Waals surface area contributed by atoms with Crippen molar-refractivity contribution >= 4 is 46.5 Å². The van der Waals surface area contributed by atoms with E-state index in [1.807, 2.05) is 24.4 Å². The number of benzene rings is 2. The van der Waals surface area contributed by atoms with Crippen molar-refractivity contribution in [3.05, 3.63) is 54.2 Å². The van der Waals surface area contributed by atoms with E-state index < -0.39 is 0 Å². The highest BCUT2D eigenvalue weighted by Crippen LogP contribution is 2.32. The first-order valence-electron chi connectivity index (χ1n) is 8.80. The molecule has 4 rings (SSSR count). The number of aromatic nitrogens is 1. The first kappa shape index (κ1) is 19.3. The lowest BCUT2D eigenvalue weighted by Crippen LogP contribution is -2.23. The van der Waals surface area contributed by atoms with Crippen molar-refractivity contribution in [1.82, 2.24) is 4.98 Å². The van der Waals surface area contributed by atoms with Gasteiger partial charge in [0.2, 0.25) is 0 Å². The van der Waals surface area contributed by atoms with Gasteiger partial charge in [0, 0.05) is 36.4 Å². The molecular formula is C20H23IN4O2. The van der Waals surface area contributed by atoms with E-state index in [1.165, 1.54) is 10.9 Å². The first-order chi connectivity index (χ1) is 12.8. The minimum atomic E-state index is 0. The van der Waals surface area contributed by atoms with Crippen LogP contribution in [-0.2, 0) is 6.42 Å². The fourth-order valence-electron chi connectivity index (χ4n) is 2.99. The molecule has 1 aliphatic heterocycles. The molecule has 2 heterocycles. The van der Waals surface area contributed by atoms with Gasteiger partial charge in [0.25, 0.3) is 0 Å². The number of nitrogens with zero attached hydrogens (tertiary/aromatic N) is 1. The number of nitrogens with one attached hydrogen (secondary N) is 2. The van der Waals surface area contributed by atoms with Crippen molar-refractivity contribution in [3.8, 4) is 11.5 Å². The van der Waals surface area contributed by atoms with Gasteiger partial charge in [0.1, 0.15) is 0 Å². The van der Waals surface area contributed by atoms with Crippen LogP contribution in [0, 0.1) is 0 Å². The Balaban J connectivity index is 0.00000210. The Kier molecular flexibility index (Phi) is 6.44.